The number of benzene rings is 2. The number of amides is 1. The van der Waals surface area contributed by atoms with Gasteiger partial charge in [-0.2, -0.15) is 0 Å². The second kappa shape index (κ2) is 8.54. The second-order valence-corrected chi connectivity index (χ2v) is 8.41. The van der Waals surface area contributed by atoms with Gasteiger partial charge in [0.1, 0.15) is 12.3 Å². The summed E-state index contributed by atoms with van der Waals surface area (Å²) in [6.45, 7) is 1.49. The topological polar surface area (TPSA) is 32.8 Å². The highest BCUT2D eigenvalue weighted by Gasteiger charge is 2.45. The van der Waals surface area contributed by atoms with Gasteiger partial charge < -0.3 is 9.64 Å². The van der Waals surface area contributed by atoms with Crippen LogP contribution in [0.5, 0.6) is 0 Å². The zero-order valence-corrected chi connectivity index (χ0v) is 17.0. The van der Waals surface area contributed by atoms with Crippen molar-refractivity contribution in [1.29, 1.82) is 0 Å². The summed E-state index contributed by atoms with van der Waals surface area (Å²) in [6.07, 6.45) is 1.46. The summed E-state index contributed by atoms with van der Waals surface area (Å²) in [5, 5.41) is 0. The smallest absolute Gasteiger partial charge is 0.410 e. The first-order valence-electron chi connectivity index (χ1n) is 10.4. The normalized spacial score (nSPS) is 23.1. The maximum absolute atomic E-state index is 15.4. The minimum absolute atomic E-state index is 0.252. The molecule has 1 amide bonds. The third kappa shape index (κ3) is 4.96. The fourth-order valence-electron chi connectivity index (χ4n) is 4.35. The van der Waals surface area contributed by atoms with Crippen molar-refractivity contribution in [1.82, 2.24) is 9.80 Å². The van der Waals surface area contributed by atoms with E-state index in [-0.39, 0.29) is 12.7 Å². The van der Waals surface area contributed by atoms with E-state index in [9.17, 15) is 4.79 Å². The van der Waals surface area contributed by atoms with Crippen molar-refractivity contribution < 1.29 is 13.9 Å². The van der Waals surface area contributed by atoms with Crippen LogP contribution in [0.15, 0.2) is 60.7 Å². The van der Waals surface area contributed by atoms with Crippen molar-refractivity contribution in [3.8, 4) is 0 Å². The third-order valence-electron chi connectivity index (χ3n) is 6.21. The van der Waals surface area contributed by atoms with E-state index in [0.717, 1.165) is 12.0 Å². The predicted molar refractivity (Wildman–Crippen MR) is 111 cm³/mol. The number of nitrogens with zero attached hydrogens (tertiary/aromatic N) is 2. The van der Waals surface area contributed by atoms with Crippen molar-refractivity contribution in [2.75, 3.05) is 26.7 Å². The number of hydrogen-bond acceptors (Lipinski definition) is 3. The molecule has 154 valence electrons. The molecule has 0 N–H and O–H groups in total. The number of piperidine rings is 1. The monoisotopic (exact) mass is 396 g/mol. The predicted octanol–water partition coefficient (Wildman–Crippen LogP) is 4.62. The number of carbonyl (C=O) groups is 1. The molecule has 1 heterocycles. The van der Waals surface area contributed by atoms with Crippen LogP contribution in [0.4, 0.5) is 9.18 Å². The van der Waals surface area contributed by atoms with E-state index in [1.807, 2.05) is 43.4 Å². The molecule has 1 aliphatic carbocycles. The van der Waals surface area contributed by atoms with Crippen molar-refractivity contribution in [3.63, 3.8) is 0 Å². The standard InChI is InChI=1S/C24H29FN2O2/c1-26(22-16-21(22)20-10-6-3-7-11-20)18-24(25)12-14-27(15-13-24)23(28)29-17-19-8-4-2-5-9-19/h2-11,21-22H,12-18H2,1H3/t21-,22+/m0/s1. The molecule has 0 radical (unpaired) electrons. The highest BCUT2D eigenvalue weighted by atomic mass is 19.1. The van der Waals surface area contributed by atoms with Crippen molar-refractivity contribution in [2.24, 2.45) is 0 Å². The van der Waals surface area contributed by atoms with Gasteiger partial charge >= 0.3 is 6.09 Å². The van der Waals surface area contributed by atoms with Gasteiger partial charge in [0.25, 0.3) is 0 Å². The van der Waals surface area contributed by atoms with E-state index in [2.05, 4.69) is 29.2 Å². The van der Waals surface area contributed by atoms with Crippen molar-refractivity contribution in [2.45, 2.75) is 43.5 Å². The van der Waals surface area contributed by atoms with Gasteiger partial charge in [0.2, 0.25) is 0 Å². The molecular formula is C24H29FN2O2. The molecule has 2 aliphatic rings. The first-order chi connectivity index (χ1) is 14.0. The van der Waals surface area contributed by atoms with Gasteiger partial charge in [-0.3, -0.25) is 4.90 Å². The Bertz CT molecular complexity index is 806. The van der Waals surface area contributed by atoms with Crippen LogP contribution in [-0.4, -0.2) is 54.3 Å². The molecule has 0 unspecified atom stereocenters. The van der Waals surface area contributed by atoms with Crippen LogP contribution < -0.4 is 0 Å². The fraction of sp³-hybridized carbons (Fsp3) is 0.458. The SMILES string of the molecule is CN(CC1(F)CCN(C(=O)OCc2ccccc2)CC1)[C@@H]1C[C@H]1c1ccccc1. The number of rotatable bonds is 6. The lowest BCUT2D eigenvalue weighted by Crippen LogP contribution is -2.49. The fourth-order valence-corrected chi connectivity index (χ4v) is 4.35. The first-order valence-corrected chi connectivity index (χ1v) is 10.4. The number of carbonyl (C=O) groups excluding carboxylic acids is 1. The van der Waals surface area contributed by atoms with Crippen LogP contribution in [0.1, 0.15) is 36.3 Å². The Labute approximate surface area is 172 Å². The highest BCUT2D eigenvalue weighted by molar-refractivity contribution is 5.67. The van der Waals surface area contributed by atoms with Crippen molar-refractivity contribution >= 4 is 6.09 Å². The maximum atomic E-state index is 15.4. The van der Waals surface area contributed by atoms with E-state index in [1.165, 1.54) is 5.56 Å². The van der Waals surface area contributed by atoms with E-state index in [1.54, 1.807) is 4.90 Å². The van der Waals surface area contributed by atoms with Crippen molar-refractivity contribution in [3.05, 3.63) is 71.8 Å². The molecule has 1 saturated carbocycles. The number of halogens is 1. The van der Waals surface area contributed by atoms with Crippen LogP contribution >= 0.6 is 0 Å². The zero-order chi connectivity index (χ0) is 20.3. The molecule has 29 heavy (non-hydrogen) atoms. The number of alkyl halides is 1. The lowest BCUT2D eigenvalue weighted by molar-refractivity contribution is 0.0214. The minimum Gasteiger partial charge on any atom is -0.445 e. The summed E-state index contributed by atoms with van der Waals surface area (Å²) in [5.74, 6) is 0.512. The number of ether oxygens (including phenoxy) is 1. The van der Waals surface area contributed by atoms with Gasteiger partial charge in [-0.05, 0) is 24.6 Å². The average molecular weight is 397 g/mol. The Kier molecular flexibility index (Phi) is 5.86. The molecule has 1 aliphatic heterocycles. The van der Waals surface area contributed by atoms with E-state index in [0.29, 0.717) is 44.4 Å². The van der Waals surface area contributed by atoms with Crippen LogP contribution in [-0.2, 0) is 11.3 Å². The summed E-state index contributed by atoms with van der Waals surface area (Å²) >= 11 is 0. The molecular weight excluding hydrogens is 367 g/mol. The Morgan fingerprint density at radius 2 is 1.72 bits per heavy atom. The first kappa shape index (κ1) is 19.9. The van der Waals surface area contributed by atoms with Gasteiger partial charge in [-0.1, -0.05) is 60.7 Å². The largest absolute Gasteiger partial charge is 0.445 e. The van der Waals surface area contributed by atoms with Crippen LogP contribution in [0, 0.1) is 0 Å². The Morgan fingerprint density at radius 1 is 1.10 bits per heavy atom. The van der Waals surface area contributed by atoms with Crippen LogP contribution in [0.3, 0.4) is 0 Å². The molecule has 0 spiro atoms. The number of likely N-dealkylation sites (tertiary alicyclic amines) is 1. The summed E-state index contributed by atoms with van der Waals surface area (Å²) in [6, 6.07) is 20.5. The lowest BCUT2D eigenvalue weighted by Gasteiger charge is -2.38. The summed E-state index contributed by atoms with van der Waals surface area (Å²) < 4.78 is 20.8. The third-order valence-corrected chi connectivity index (χ3v) is 6.21. The molecule has 2 aromatic carbocycles. The Balaban J connectivity index is 1.22. The van der Waals surface area contributed by atoms with E-state index in [4.69, 9.17) is 4.74 Å². The molecule has 0 aromatic heterocycles. The van der Waals surface area contributed by atoms with Gasteiger partial charge in [0, 0.05) is 44.4 Å². The van der Waals surface area contributed by atoms with Gasteiger partial charge in [-0.25, -0.2) is 9.18 Å². The van der Waals surface area contributed by atoms with Crippen LogP contribution in [0.2, 0.25) is 0 Å². The Hall–Kier alpha value is -2.40. The minimum atomic E-state index is -1.24. The quantitative estimate of drug-likeness (QED) is 0.715. The van der Waals surface area contributed by atoms with Gasteiger partial charge in [0.15, 0.2) is 0 Å². The molecule has 5 heteroatoms. The molecule has 2 fully saturated rings. The molecule has 4 nitrogen and oxygen atoms in total. The summed E-state index contributed by atoms with van der Waals surface area (Å²) in [5.41, 5.74) is 1.05. The van der Waals surface area contributed by atoms with Crippen LogP contribution in [0.25, 0.3) is 0 Å². The second-order valence-electron chi connectivity index (χ2n) is 8.41. The van der Waals surface area contributed by atoms with E-state index < -0.39 is 5.67 Å². The van der Waals surface area contributed by atoms with Gasteiger partial charge in [0.05, 0.1) is 0 Å². The number of likely N-dealkylation sites (N-methyl/N-ethyl adjacent to an activating group) is 1. The molecule has 2 atom stereocenters. The average Bonchev–Trinajstić information content (AvgIpc) is 3.55. The molecule has 0 bridgehead atoms. The van der Waals surface area contributed by atoms with E-state index >= 15 is 4.39 Å². The molecule has 2 aromatic rings. The zero-order valence-electron chi connectivity index (χ0n) is 17.0. The Morgan fingerprint density at radius 3 is 2.38 bits per heavy atom. The summed E-state index contributed by atoms with van der Waals surface area (Å²) in [4.78, 5) is 16.1. The number of hydrogen-bond donors (Lipinski definition) is 0. The molecule has 1 saturated heterocycles. The molecule has 4 rings (SSSR count). The highest BCUT2D eigenvalue weighted by Crippen LogP contribution is 2.45. The lowest BCUT2D eigenvalue weighted by atomic mass is 9.93. The maximum Gasteiger partial charge on any atom is 0.410 e. The van der Waals surface area contributed by atoms with Gasteiger partial charge in [-0.15, -0.1) is 0 Å². The summed E-state index contributed by atoms with van der Waals surface area (Å²) in [7, 11) is 2.02.